The van der Waals surface area contributed by atoms with Crippen molar-refractivity contribution in [3.8, 4) is 0 Å². The van der Waals surface area contributed by atoms with Crippen LogP contribution in [0.2, 0.25) is 0 Å². The molecule has 1 aromatic carbocycles. The molecule has 1 atom stereocenters. The fraction of sp³-hybridized carbons (Fsp3) is 0.600. The first-order chi connectivity index (χ1) is 9.20. The lowest BCUT2D eigenvalue weighted by atomic mass is 9.84. The highest BCUT2D eigenvalue weighted by molar-refractivity contribution is 9.11. The zero-order valence-corrected chi connectivity index (χ0v) is 14.3. The molecule has 1 unspecified atom stereocenters. The average Bonchev–Trinajstić information content (AvgIpc) is 2.42. The lowest BCUT2D eigenvalue weighted by Crippen LogP contribution is -2.28. The average molecular weight is 390 g/mol. The zero-order chi connectivity index (χ0) is 13.7. The van der Waals surface area contributed by atoms with E-state index in [9.17, 15) is 0 Å². The van der Waals surface area contributed by atoms with E-state index in [2.05, 4.69) is 55.5 Å². The quantitative estimate of drug-likeness (QED) is 0.544. The van der Waals surface area contributed by atoms with Gasteiger partial charge in [-0.3, -0.25) is 11.3 Å². The first-order valence-corrected chi connectivity index (χ1v) is 8.70. The lowest BCUT2D eigenvalue weighted by molar-refractivity contribution is 0.314. The molecule has 1 saturated carbocycles. The Labute approximate surface area is 132 Å². The first-order valence-electron chi connectivity index (χ1n) is 7.12. The molecule has 19 heavy (non-hydrogen) atoms. The molecule has 1 aromatic rings. The van der Waals surface area contributed by atoms with Crippen molar-refractivity contribution in [2.75, 3.05) is 0 Å². The van der Waals surface area contributed by atoms with Crippen molar-refractivity contribution in [3.63, 3.8) is 0 Å². The van der Waals surface area contributed by atoms with E-state index in [0.29, 0.717) is 0 Å². The van der Waals surface area contributed by atoms with Crippen molar-refractivity contribution < 1.29 is 0 Å². The number of hydrogen-bond acceptors (Lipinski definition) is 2. The van der Waals surface area contributed by atoms with Crippen LogP contribution in [0, 0.1) is 5.92 Å². The van der Waals surface area contributed by atoms with Crippen LogP contribution in [-0.2, 0) is 0 Å². The van der Waals surface area contributed by atoms with E-state index in [1.165, 1.54) is 44.1 Å². The maximum absolute atomic E-state index is 5.74. The summed E-state index contributed by atoms with van der Waals surface area (Å²) in [5, 5.41) is 0. The fourth-order valence-corrected chi connectivity index (χ4v) is 4.31. The Morgan fingerprint density at radius 3 is 2.58 bits per heavy atom. The molecule has 0 amide bonds. The summed E-state index contributed by atoms with van der Waals surface area (Å²) in [4.78, 5) is 0. The predicted molar refractivity (Wildman–Crippen MR) is 87.7 cm³/mol. The first kappa shape index (κ1) is 15.5. The summed E-state index contributed by atoms with van der Waals surface area (Å²) in [5.74, 6) is 6.65. The molecule has 2 rings (SSSR count). The maximum atomic E-state index is 5.74. The molecule has 4 heteroatoms. The molecule has 2 nitrogen and oxygen atoms in total. The molecule has 0 radical (unpaired) electrons. The number of halogens is 2. The number of hydrogen-bond donors (Lipinski definition) is 2. The molecule has 0 spiro atoms. The van der Waals surface area contributed by atoms with Gasteiger partial charge in [0.15, 0.2) is 0 Å². The largest absolute Gasteiger partial charge is 0.271 e. The number of hydrazine groups is 1. The number of rotatable bonds is 5. The summed E-state index contributed by atoms with van der Waals surface area (Å²) in [6.45, 7) is 0. The normalized spacial score (nSPS) is 18.5. The van der Waals surface area contributed by atoms with Crippen molar-refractivity contribution in [1.29, 1.82) is 0 Å². The highest BCUT2D eigenvalue weighted by Gasteiger charge is 2.18. The Bertz CT molecular complexity index is 403. The van der Waals surface area contributed by atoms with E-state index in [4.69, 9.17) is 5.84 Å². The second kappa shape index (κ2) is 7.77. The molecular formula is C15H22Br2N2. The minimum absolute atomic E-state index is 0.240. The van der Waals surface area contributed by atoms with E-state index >= 15 is 0 Å². The van der Waals surface area contributed by atoms with Crippen LogP contribution in [0.15, 0.2) is 27.1 Å². The second-order valence-electron chi connectivity index (χ2n) is 5.47. The summed E-state index contributed by atoms with van der Waals surface area (Å²) in [6, 6.07) is 6.54. The summed E-state index contributed by atoms with van der Waals surface area (Å²) < 4.78 is 2.21. The van der Waals surface area contributed by atoms with Gasteiger partial charge >= 0.3 is 0 Å². The van der Waals surface area contributed by atoms with E-state index in [1.807, 2.05) is 0 Å². The topological polar surface area (TPSA) is 38.0 Å². The van der Waals surface area contributed by atoms with E-state index in [-0.39, 0.29) is 6.04 Å². The molecule has 0 saturated heterocycles. The van der Waals surface area contributed by atoms with Gasteiger partial charge in [-0.15, -0.1) is 0 Å². The Hall–Kier alpha value is 0.1000. The minimum Gasteiger partial charge on any atom is -0.271 e. The fourth-order valence-electron chi connectivity index (χ4n) is 2.99. The van der Waals surface area contributed by atoms with Gasteiger partial charge in [0, 0.05) is 15.0 Å². The molecule has 1 fully saturated rings. The van der Waals surface area contributed by atoms with Crippen LogP contribution in [-0.4, -0.2) is 0 Å². The van der Waals surface area contributed by atoms with E-state index in [0.717, 1.165) is 21.3 Å². The third kappa shape index (κ3) is 4.55. The van der Waals surface area contributed by atoms with Gasteiger partial charge in [0.25, 0.3) is 0 Å². The molecule has 106 valence electrons. The highest BCUT2D eigenvalue weighted by Crippen LogP contribution is 2.33. The Balaban J connectivity index is 1.95. The van der Waals surface area contributed by atoms with Crippen molar-refractivity contribution >= 4 is 31.9 Å². The van der Waals surface area contributed by atoms with Crippen LogP contribution in [0.25, 0.3) is 0 Å². The zero-order valence-electron chi connectivity index (χ0n) is 11.2. The molecule has 1 aliphatic rings. The van der Waals surface area contributed by atoms with Gasteiger partial charge in [-0.1, -0.05) is 70.0 Å². The lowest BCUT2D eigenvalue weighted by Gasteiger charge is -2.24. The SMILES string of the molecule is NNC(CCC1CCCCC1)c1ccc(Br)cc1Br. The molecule has 0 aromatic heterocycles. The van der Waals surface area contributed by atoms with Crippen molar-refractivity contribution in [3.05, 3.63) is 32.7 Å². The number of nitrogens with two attached hydrogens (primary N) is 1. The smallest absolute Gasteiger partial charge is 0.0471 e. The molecule has 0 heterocycles. The monoisotopic (exact) mass is 388 g/mol. The molecule has 0 bridgehead atoms. The van der Waals surface area contributed by atoms with E-state index < -0.39 is 0 Å². The standard InChI is InChI=1S/C15H22Br2N2/c16-12-7-8-13(14(17)10-12)15(19-18)9-6-11-4-2-1-3-5-11/h7-8,10-11,15,19H,1-6,9,18H2. The molecular weight excluding hydrogens is 368 g/mol. The number of nitrogens with one attached hydrogen (secondary N) is 1. The van der Waals surface area contributed by atoms with Gasteiger partial charge in [-0.2, -0.15) is 0 Å². The van der Waals surface area contributed by atoms with Gasteiger partial charge in [0.1, 0.15) is 0 Å². The van der Waals surface area contributed by atoms with Crippen LogP contribution < -0.4 is 11.3 Å². The second-order valence-corrected chi connectivity index (χ2v) is 7.24. The van der Waals surface area contributed by atoms with Gasteiger partial charge < -0.3 is 0 Å². The predicted octanol–water partition coefficient (Wildman–Crippen LogP) is 5.08. The van der Waals surface area contributed by atoms with Crippen LogP contribution in [0.1, 0.15) is 56.6 Å². The third-order valence-corrected chi connectivity index (χ3v) is 5.31. The van der Waals surface area contributed by atoms with Gasteiger partial charge in [0.05, 0.1) is 0 Å². The van der Waals surface area contributed by atoms with Gasteiger partial charge in [-0.05, 0) is 36.5 Å². The maximum Gasteiger partial charge on any atom is 0.0471 e. The van der Waals surface area contributed by atoms with Crippen molar-refractivity contribution in [1.82, 2.24) is 5.43 Å². The van der Waals surface area contributed by atoms with Crippen LogP contribution in [0.5, 0.6) is 0 Å². The Morgan fingerprint density at radius 2 is 1.95 bits per heavy atom. The van der Waals surface area contributed by atoms with E-state index in [1.54, 1.807) is 0 Å². The summed E-state index contributed by atoms with van der Waals surface area (Å²) in [7, 11) is 0. The van der Waals surface area contributed by atoms with Crippen molar-refractivity contribution in [2.45, 2.75) is 51.0 Å². The summed E-state index contributed by atoms with van der Waals surface area (Å²) in [6.07, 6.45) is 9.43. The van der Waals surface area contributed by atoms with Gasteiger partial charge in [-0.25, -0.2) is 0 Å². The summed E-state index contributed by atoms with van der Waals surface area (Å²) in [5.41, 5.74) is 4.22. The third-order valence-electron chi connectivity index (χ3n) is 4.13. The number of benzene rings is 1. The highest BCUT2D eigenvalue weighted by atomic mass is 79.9. The van der Waals surface area contributed by atoms with Crippen LogP contribution in [0.3, 0.4) is 0 Å². The Kier molecular flexibility index (Phi) is 6.33. The molecule has 1 aliphatic carbocycles. The van der Waals surface area contributed by atoms with Crippen LogP contribution >= 0.6 is 31.9 Å². The molecule has 0 aliphatic heterocycles. The van der Waals surface area contributed by atoms with Crippen molar-refractivity contribution in [2.24, 2.45) is 11.8 Å². The minimum atomic E-state index is 0.240. The summed E-state index contributed by atoms with van der Waals surface area (Å²) >= 11 is 7.12. The molecule has 3 N–H and O–H groups in total. The van der Waals surface area contributed by atoms with Gasteiger partial charge in [0.2, 0.25) is 0 Å². The Morgan fingerprint density at radius 1 is 1.21 bits per heavy atom. The van der Waals surface area contributed by atoms with Crippen LogP contribution in [0.4, 0.5) is 0 Å².